The molecule has 0 rings (SSSR count). The van der Waals surface area contributed by atoms with Crippen molar-refractivity contribution in [3.05, 3.63) is 12.7 Å². The van der Waals surface area contributed by atoms with E-state index in [1.54, 1.807) is 6.08 Å². The topological polar surface area (TPSA) is 56.8 Å². The standard InChI is InChI=1S/C22H47NO4Si2/c1-15-18(27-29(13,14)22(8,9)10)17(23-19(24)26-20(2,3)4)16-25-28(11,12)21(5,6)7/h15,17-18H,1,16H2,2-14H3,(H,23,24)/t17-,18+/m0/s1. The highest BCUT2D eigenvalue weighted by Crippen LogP contribution is 2.39. The number of hydrogen-bond donors (Lipinski definition) is 1. The molecule has 0 aliphatic heterocycles. The van der Waals surface area contributed by atoms with Crippen LogP contribution in [0.15, 0.2) is 12.7 Å². The smallest absolute Gasteiger partial charge is 0.408 e. The Kier molecular flexibility index (Phi) is 9.45. The second-order valence-electron chi connectivity index (χ2n) is 11.9. The van der Waals surface area contributed by atoms with Gasteiger partial charge in [0.25, 0.3) is 0 Å². The summed E-state index contributed by atoms with van der Waals surface area (Å²) in [4.78, 5) is 12.5. The number of carbonyl (C=O) groups excluding carboxylic acids is 1. The fourth-order valence-corrected chi connectivity index (χ4v) is 4.33. The average molecular weight is 446 g/mol. The molecule has 0 heterocycles. The van der Waals surface area contributed by atoms with E-state index in [9.17, 15) is 4.79 Å². The first-order chi connectivity index (χ1) is 12.6. The summed E-state index contributed by atoms with van der Waals surface area (Å²) >= 11 is 0. The Bertz CT molecular complexity index is 555. The van der Waals surface area contributed by atoms with Crippen LogP contribution in [0.1, 0.15) is 62.3 Å². The monoisotopic (exact) mass is 445 g/mol. The van der Waals surface area contributed by atoms with Crippen LogP contribution in [0.3, 0.4) is 0 Å². The van der Waals surface area contributed by atoms with Crippen molar-refractivity contribution >= 4 is 22.7 Å². The van der Waals surface area contributed by atoms with Crippen LogP contribution in [0.25, 0.3) is 0 Å². The molecule has 5 nitrogen and oxygen atoms in total. The molecule has 7 heteroatoms. The van der Waals surface area contributed by atoms with Crippen LogP contribution >= 0.6 is 0 Å². The van der Waals surface area contributed by atoms with Crippen molar-refractivity contribution in [3.63, 3.8) is 0 Å². The zero-order chi connectivity index (χ0) is 23.5. The maximum absolute atomic E-state index is 12.5. The lowest BCUT2D eigenvalue weighted by molar-refractivity contribution is 0.0420. The maximum Gasteiger partial charge on any atom is 0.408 e. The molecule has 0 radical (unpaired) electrons. The van der Waals surface area contributed by atoms with Crippen LogP contribution in [-0.2, 0) is 13.6 Å². The average Bonchev–Trinajstić information content (AvgIpc) is 2.45. The number of rotatable bonds is 8. The number of carbonyl (C=O) groups is 1. The van der Waals surface area contributed by atoms with Gasteiger partial charge in [-0.2, -0.15) is 0 Å². The molecule has 1 amide bonds. The lowest BCUT2D eigenvalue weighted by atomic mass is 10.2. The van der Waals surface area contributed by atoms with E-state index in [0.717, 1.165) is 0 Å². The van der Waals surface area contributed by atoms with E-state index in [1.165, 1.54) is 0 Å². The quantitative estimate of drug-likeness (QED) is 0.343. The van der Waals surface area contributed by atoms with Gasteiger partial charge in [0.15, 0.2) is 16.6 Å². The van der Waals surface area contributed by atoms with Crippen molar-refractivity contribution in [1.29, 1.82) is 0 Å². The van der Waals surface area contributed by atoms with Crippen LogP contribution in [0, 0.1) is 0 Å². The van der Waals surface area contributed by atoms with Crippen molar-refractivity contribution < 1.29 is 18.4 Å². The summed E-state index contributed by atoms with van der Waals surface area (Å²) in [6, 6.07) is -0.370. The number of alkyl carbamates (subject to hydrolysis) is 1. The van der Waals surface area contributed by atoms with Crippen molar-refractivity contribution in [2.24, 2.45) is 0 Å². The van der Waals surface area contributed by atoms with Crippen LogP contribution in [-0.4, -0.2) is 47.1 Å². The Balaban J connectivity index is 5.64. The van der Waals surface area contributed by atoms with E-state index in [2.05, 4.69) is 79.6 Å². The maximum atomic E-state index is 12.5. The number of amides is 1. The van der Waals surface area contributed by atoms with Crippen LogP contribution < -0.4 is 5.32 Å². The Morgan fingerprint density at radius 1 is 0.931 bits per heavy atom. The van der Waals surface area contributed by atoms with Gasteiger partial charge in [0.1, 0.15) is 5.60 Å². The molecule has 0 spiro atoms. The Morgan fingerprint density at radius 3 is 1.72 bits per heavy atom. The molecule has 29 heavy (non-hydrogen) atoms. The van der Waals surface area contributed by atoms with Crippen molar-refractivity contribution in [1.82, 2.24) is 5.32 Å². The third kappa shape index (κ3) is 9.36. The predicted molar refractivity (Wildman–Crippen MR) is 129 cm³/mol. The van der Waals surface area contributed by atoms with Crippen LogP contribution in [0.2, 0.25) is 36.3 Å². The van der Waals surface area contributed by atoms with Gasteiger partial charge >= 0.3 is 6.09 Å². The summed E-state index contributed by atoms with van der Waals surface area (Å²) in [7, 11) is -4.06. The van der Waals surface area contributed by atoms with E-state index in [0.29, 0.717) is 6.61 Å². The van der Waals surface area contributed by atoms with Gasteiger partial charge in [-0.15, -0.1) is 6.58 Å². The van der Waals surface area contributed by atoms with E-state index in [-0.39, 0.29) is 22.2 Å². The zero-order valence-electron chi connectivity index (χ0n) is 21.3. The van der Waals surface area contributed by atoms with Gasteiger partial charge in [-0.05, 0) is 57.0 Å². The highest BCUT2D eigenvalue weighted by molar-refractivity contribution is 6.74. The first kappa shape index (κ1) is 28.4. The second-order valence-corrected chi connectivity index (χ2v) is 21.5. The summed E-state index contributed by atoms with van der Waals surface area (Å²) in [6.45, 7) is 31.9. The van der Waals surface area contributed by atoms with E-state index in [4.69, 9.17) is 13.6 Å². The Labute approximate surface area is 182 Å². The molecule has 0 aromatic carbocycles. The van der Waals surface area contributed by atoms with E-state index < -0.39 is 28.3 Å². The summed E-state index contributed by atoms with van der Waals surface area (Å²) in [6.07, 6.45) is 0.956. The summed E-state index contributed by atoms with van der Waals surface area (Å²) in [5.41, 5.74) is -0.571. The highest BCUT2D eigenvalue weighted by Gasteiger charge is 2.42. The molecule has 172 valence electrons. The van der Waals surface area contributed by atoms with Gasteiger partial charge in [0, 0.05) is 0 Å². The largest absolute Gasteiger partial charge is 0.444 e. The Hall–Kier alpha value is -0.636. The molecule has 2 atom stereocenters. The third-order valence-corrected chi connectivity index (χ3v) is 15.0. The second kappa shape index (κ2) is 9.66. The summed E-state index contributed by atoms with van der Waals surface area (Å²) in [5, 5.41) is 3.11. The molecule has 0 aromatic rings. The predicted octanol–water partition coefficient (Wildman–Crippen LogP) is 6.48. The molecule has 0 saturated carbocycles. The van der Waals surface area contributed by atoms with Crippen molar-refractivity contribution in [2.75, 3.05) is 6.61 Å². The normalized spacial score (nSPS) is 16.2. The van der Waals surface area contributed by atoms with Gasteiger partial charge in [-0.1, -0.05) is 47.6 Å². The van der Waals surface area contributed by atoms with Crippen LogP contribution in [0.5, 0.6) is 0 Å². The molecule has 0 aliphatic carbocycles. The third-order valence-electron chi connectivity index (χ3n) is 6.00. The fourth-order valence-electron chi connectivity index (χ4n) is 2.00. The van der Waals surface area contributed by atoms with E-state index in [1.807, 2.05) is 20.8 Å². The first-order valence-corrected chi connectivity index (χ1v) is 16.4. The minimum absolute atomic E-state index is 0.0466. The number of nitrogens with one attached hydrogen (secondary N) is 1. The molecule has 0 bridgehead atoms. The lowest BCUT2D eigenvalue weighted by Crippen LogP contribution is -2.55. The van der Waals surface area contributed by atoms with E-state index >= 15 is 0 Å². The molecule has 0 aromatic heterocycles. The molecule has 0 unspecified atom stereocenters. The SMILES string of the molecule is C=C[C@@H](O[Si](C)(C)C(C)(C)C)[C@H](CO[Si](C)(C)C(C)(C)C)NC(=O)OC(C)(C)C. The summed E-state index contributed by atoms with van der Waals surface area (Å²) < 4.78 is 18.5. The molecular formula is C22H47NO4Si2. The van der Waals surface area contributed by atoms with Crippen molar-refractivity contribution in [3.8, 4) is 0 Å². The van der Waals surface area contributed by atoms with Gasteiger partial charge in [0.05, 0.1) is 18.8 Å². The van der Waals surface area contributed by atoms with Crippen LogP contribution in [0.4, 0.5) is 4.79 Å². The highest BCUT2D eigenvalue weighted by atomic mass is 28.4. The van der Waals surface area contributed by atoms with Gasteiger partial charge in [-0.3, -0.25) is 0 Å². The first-order valence-electron chi connectivity index (χ1n) is 10.6. The van der Waals surface area contributed by atoms with Gasteiger partial charge in [0.2, 0.25) is 0 Å². The molecule has 0 aliphatic rings. The summed E-state index contributed by atoms with van der Waals surface area (Å²) in [5.74, 6) is 0. The fraction of sp³-hybridized carbons (Fsp3) is 0.864. The molecule has 1 N–H and O–H groups in total. The Morgan fingerprint density at radius 2 is 1.38 bits per heavy atom. The zero-order valence-corrected chi connectivity index (χ0v) is 23.3. The van der Waals surface area contributed by atoms with Gasteiger partial charge < -0.3 is 18.9 Å². The van der Waals surface area contributed by atoms with Crippen molar-refractivity contribution in [2.45, 2.75) is 116 Å². The minimum Gasteiger partial charge on any atom is -0.444 e. The molecule has 0 saturated heterocycles. The molecule has 0 fully saturated rings. The lowest BCUT2D eigenvalue weighted by Gasteiger charge is -2.42. The molecular weight excluding hydrogens is 398 g/mol. The van der Waals surface area contributed by atoms with Gasteiger partial charge in [-0.25, -0.2) is 4.79 Å². The number of hydrogen-bond acceptors (Lipinski definition) is 4. The number of ether oxygens (including phenoxy) is 1. The minimum atomic E-state index is -2.07.